The van der Waals surface area contributed by atoms with Gasteiger partial charge >= 0.3 is 0 Å². The molecule has 24 heavy (non-hydrogen) atoms. The number of rotatable bonds is 4. The fourth-order valence-corrected chi connectivity index (χ4v) is 3.21. The van der Waals surface area contributed by atoms with Gasteiger partial charge in [-0.2, -0.15) is 0 Å². The van der Waals surface area contributed by atoms with Gasteiger partial charge in [0.15, 0.2) is 5.69 Å². The van der Waals surface area contributed by atoms with Crippen LogP contribution in [0.15, 0.2) is 12.3 Å². The van der Waals surface area contributed by atoms with Crippen LogP contribution < -0.4 is 5.32 Å². The summed E-state index contributed by atoms with van der Waals surface area (Å²) >= 11 is 0. The van der Waals surface area contributed by atoms with Gasteiger partial charge in [-0.3, -0.25) is 4.79 Å². The van der Waals surface area contributed by atoms with Crippen LogP contribution in [0, 0.1) is 13.8 Å². The molecule has 1 amide bonds. The van der Waals surface area contributed by atoms with Crippen molar-refractivity contribution in [2.24, 2.45) is 0 Å². The van der Waals surface area contributed by atoms with Crippen molar-refractivity contribution >= 4 is 5.91 Å². The summed E-state index contributed by atoms with van der Waals surface area (Å²) in [6.45, 7) is 4.12. The topological polar surface area (TPSA) is 85.6 Å². The Kier molecular flexibility index (Phi) is 5.17. The first-order chi connectivity index (χ1) is 11.6. The molecule has 1 aliphatic rings. The lowest BCUT2D eigenvalue weighted by molar-refractivity contribution is 0.0944. The summed E-state index contributed by atoms with van der Waals surface area (Å²) in [5.74, 6) is 0.370. The van der Waals surface area contributed by atoms with Gasteiger partial charge in [0, 0.05) is 11.4 Å². The molecule has 1 saturated carbocycles. The van der Waals surface area contributed by atoms with Crippen molar-refractivity contribution in [2.45, 2.75) is 65.0 Å². The zero-order chi connectivity index (χ0) is 16.9. The lowest BCUT2D eigenvalue weighted by Gasteiger charge is -2.12. The second-order valence-corrected chi connectivity index (χ2v) is 6.48. The van der Waals surface area contributed by atoms with Crippen molar-refractivity contribution in [1.29, 1.82) is 0 Å². The Morgan fingerprint density at radius 2 is 1.83 bits per heavy atom. The highest BCUT2D eigenvalue weighted by molar-refractivity contribution is 5.91. The first-order valence-electron chi connectivity index (χ1n) is 8.63. The van der Waals surface area contributed by atoms with E-state index in [1.165, 1.54) is 25.7 Å². The molecule has 7 nitrogen and oxygen atoms in total. The third-order valence-electron chi connectivity index (χ3n) is 4.38. The van der Waals surface area contributed by atoms with E-state index in [4.69, 9.17) is 0 Å². The molecule has 0 spiro atoms. The molecule has 1 aliphatic carbocycles. The van der Waals surface area contributed by atoms with E-state index in [2.05, 4.69) is 25.6 Å². The summed E-state index contributed by atoms with van der Waals surface area (Å²) in [7, 11) is 0. The van der Waals surface area contributed by atoms with E-state index in [-0.39, 0.29) is 12.5 Å². The smallest absolute Gasteiger partial charge is 0.273 e. The molecule has 2 aromatic rings. The van der Waals surface area contributed by atoms with Gasteiger partial charge in [-0.25, -0.2) is 14.6 Å². The average Bonchev–Trinajstić information content (AvgIpc) is 2.88. The summed E-state index contributed by atoms with van der Waals surface area (Å²) < 4.78 is 1.85. The minimum atomic E-state index is -0.238. The minimum absolute atomic E-state index is 0.238. The fourth-order valence-electron chi connectivity index (χ4n) is 3.21. The number of carbonyl (C=O) groups excluding carboxylic acids is 1. The third kappa shape index (κ3) is 4.15. The molecular formula is C17H24N6O. The molecule has 0 aliphatic heterocycles. The fraction of sp³-hybridized carbons (Fsp3) is 0.588. The van der Waals surface area contributed by atoms with E-state index in [0.717, 1.165) is 24.2 Å². The van der Waals surface area contributed by atoms with E-state index >= 15 is 0 Å². The normalized spacial score (nSPS) is 15.9. The molecule has 0 aromatic carbocycles. The molecule has 0 radical (unpaired) electrons. The van der Waals surface area contributed by atoms with Gasteiger partial charge in [-0.15, -0.1) is 5.10 Å². The number of hydrogen-bond acceptors (Lipinski definition) is 5. The van der Waals surface area contributed by atoms with Crippen molar-refractivity contribution in [3.05, 3.63) is 35.2 Å². The first kappa shape index (κ1) is 16.5. The monoisotopic (exact) mass is 328 g/mol. The molecular weight excluding hydrogens is 304 g/mol. The van der Waals surface area contributed by atoms with E-state index in [9.17, 15) is 4.79 Å². The summed E-state index contributed by atoms with van der Waals surface area (Å²) in [6, 6.07) is 2.27. The molecule has 0 saturated heterocycles. The minimum Gasteiger partial charge on any atom is -0.343 e. The van der Waals surface area contributed by atoms with Gasteiger partial charge in [-0.1, -0.05) is 30.9 Å². The standard InChI is InChI=1S/C17H24N6O/c1-12-9-13(2)20-16(19-12)10-18-17(24)15-11-23(22-21-15)14-7-5-3-4-6-8-14/h9,11,14H,3-8,10H2,1-2H3,(H,18,24). The Balaban J connectivity index is 1.61. The summed E-state index contributed by atoms with van der Waals surface area (Å²) in [6.07, 6.45) is 8.99. The molecule has 0 atom stereocenters. The zero-order valence-electron chi connectivity index (χ0n) is 14.3. The van der Waals surface area contributed by atoms with Gasteiger partial charge in [0.1, 0.15) is 5.82 Å². The van der Waals surface area contributed by atoms with Crippen LogP contribution in [0.4, 0.5) is 0 Å². The predicted octanol–water partition coefficient (Wildman–Crippen LogP) is 2.51. The lowest BCUT2D eigenvalue weighted by Crippen LogP contribution is -2.24. The van der Waals surface area contributed by atoms with Crippen LogP contribution in [0.3, 0.4) is 0 Å². The van der Waals surface area contributed by atoms with Gasteiger partial charge in [0.25, 0.3) is 5.91 Å². The third-order valence-corrected chi connectivity index (χ3v) is 4.38. The molecule has 2 aromatic heterocycles. The maximum Gasteiger partial charge on any atom is 0.273 e. The Labute approximate surface area is 141 Å². The molecule has 128 valence electrons. The Hall–Kier alpha value is -2.31. The molecule has 7 heteroatoms. The van der Waals surface area contributed by atoms with Crippen LogP contribution in [0.25, 0.3) is 0 Å². The molecule has 2 heterocycles. The maximum atomic E-state index is 12.3. The summed E-state index contributed by atoms with van der Waals surface area (Å²) in [5.41, 5.74) is 2.14. The van der Waals surface area contributed by atoms with Crippen LogP contribution in [-0.2, 0) is 6.54 Å². The quantitative estimate of drug-likeness (QED) is 0.872. The van der Waals surface area contributed by atoms with E-state index in [1.54, 1.807) is 6.20 Å². The first-order valence-corrected chi connectivity index (χ1v) is 8.63. The van der Waals surface area contributed by atoms with Gasteiger partial charge in [-0.05, 0) is 32.8 Å². The Bertz CT molecular complexity index is 683. The number of nitrogens with one attached hydrogen (secondary N) is 1. The van der Waals surface area contributed by atoms with Crippen molar-refractivity contribution in [2.75, 3.05) is 0 Å². The Morgan fingerprint density at radius 3 is 2.50 bits per heavy atom. The number of aryl methyl sites for hydroxylation is 2. The van der Waals surface area contributed by atoms with Crippen molar-refractivity contribution in [3.8, 4) is 0 Å². The molecule has 1 N–H and O–H groups in total. The van der Waals surface area contributed by atoms with E-state index in [0.29, 0.717) is 17.6 Å². The van der Waals surface area contributed by atoms with Crippen LogP contribution >= 0.6 is 0 Å². The van der Waals surface area contributed by atoms with Crippen molar-refractivity contribution in [3.63, 3.8) is 0 Å². The highest BCUT2D eigenvalue weighted by Gasteiger charge is 2.18. The van der Waals surface area contributed by atoms with Crippen LogP contribution in [0.1, 0.15) is 72.3 Å². The average molecular weight is 328 g/mol. The van der Waals surface area contributed by atoms with Crippen molar-refractivity contribution in [1.82, 2.24) is 30.3 Å². The van der Waals surface area contributed by atoms with Crippen LogP contribution in [0.2, 0.25) is 0 Å². The lowest BCUT2D eigenvalue weighted by atomic mass is 10.1. The second-order valence-electron chi connectivity index (χ2n) is 6.48. The molecule has 0 unspecified atom stereocenters. The number of carbonyl (C=O) groups is 1. The maximum absolute atomic E-state index is 12.3. The van der Waals surface area contributed by atoms with E-state index in [1.807, 2.05) is 24.6 Å². The molecule has 0 bridgehead atoms. The highest BCUT2D eigenvalue weighted by atomic mass is 16.2. The number of hydrogen-bond donors (Lipinski definition) is 1. The SMILES string of the molecule is Cc1cc(C)nc(CNC(=O)c2cn(C3CCCCCC3)nn2)n1. The van der Waals surface area contributed by atoms with Gasteiger partial charge in [0.05, 0.1) is 18.8 Å². The van der Waals surface area contributed by atoms with Crippen LogP contribution in [0.5, 0.6) is 0 Å². The van der Waals surface area contributed by atoms with Crippen molar-refractivity contribution < 1.29 is 4.79 Å². The largest absolute Gasteiger partial charge is 0.343 e. The number of nitrogens with zero attached hydrogens (tertiary/aromatic N) is 5. The zero-order valence-corrected chi connectivity index (χ0v) is 14.3. The summed E-state index contributed by atoms with van der Waals surface area (Å²) in [5, 5.41) is 11.0. The molecule has 1 fully saturated rings. The Morgan fingerprint density at radius 1 is 1.17 bits per heavy atom. The molecule has 3 rings (SSSR count). The van der Waals surface area contributed by atoms with E-state index < -0.39 is 0 Å². The van der Waals surface area contributed by atoms with Gasteiger partial charge in [0.2, 0.25) is 0 Å². The number of amides is 1. The van der Waals surface area contributed by atoms with Crippen LogP contribution in [-0.4, -0.2) is 30.9 Å². The van der Waals surface area contributed by atoms with Gasteiger partial charge < -0.3 is 5.32 Å². The second kappa shape index (κ2) is 7.51. The highest BCUT2D eigenvalue weighted by Crippen LogP contribution is 2.26. The predicted molar refractivity (Wildman–Crippen MR) is 89.4 cm³/mol. The summed E-state index contributed by atoms with van der Waals surface area (Å²) in [4.78, 5) is 20.9. The number of aromatic nitrogens is 5.